The Morgan fingerprint density at radius 2 is 1.86 bits per heavy atom. The molecule has 10 heteroatoms. The van der Waals surface area contributed by atoms with Gasteiger partial charge in [-0.15, -0.1) is 0 Å². The molecule has 0 radical (unpaired) electrons. The highest BCUT2D eigenvalue weighted by Crippen LogP contribution is 2.40. The molecule has 4 N–H and O–H groups in total. The van der Waals surface area contributed by atoms with Crippen molar-refractivity contribution in [1.82, 2.24) is 19.5 Å². The summed E-state index contributed by atoms with van der Waals surface area (Å²) in [4.78, 5) is 13.2. The van der Waals surface area contributed by atoms with Crippen molar-refractivity contribution < 1.29 is 24.8 Å². The van der Waals surface area contributed by atoms with Gasteiger partial charge in [0.2, 0.25) is 0 Å². The maximum absolute atomic E-state index is 10.4. The van der Waals surface area contributed by atoms with Gasteiger partial charge in [0.05, 0.1) is 31.7 Å². The molecule has 3 heterocycles. The van der Waals surface area contributed by atoms with E-state index in [-0.39, 0.29) is 12.1 Å². The molecule has 1 aliphatic heterocycles. The summed E-state index contributed by atoms with van der Waals surface area (Å²) in [6, 6.07) is 8.88. The average molecular weight is 482 g/mol. The fourth-order valence-corrected chi connectivity index (χ4v) is 5.23. The third-order valence-electron chi connectivity index (χ3n) is 7.42. The van der Waals surface area contributed by atoms with E-state index >= 15 is 0 Å². The molecular formula is C25H31N5O5. The Labute approximate surface area is 202 Å². The number of hydrogen-bond donors (Lipinski definition) is 4. The molecule has 35 heavy (non-hydrogen) atoms. The summed E-state index contributed by atoms with van der Waals surface area (Å²) in [5.41, 5.74) is 3.63. The number of ether oxygens (including phenoxy) is 2. The van der Waals surface area contributed by atoms with Gasteiger partial charge in [0.15, 0.2) is 23.2 Å². The number of benzene rings is 1. The second-order valence-electron chi connectivity index (χ2n) is 9.82. The van der Waals surface area contributed by atoms with Crippen LogP contribution in [0.15, 0.2) is 36.9 Å². The summed E-state index contributed by atoms with van der Waals surface area (Å²) in [5, 5.41) is 33.4. The third kappa shape index (κ3) is 4.41. The summed E-state index contributed by atoms with van der Waals surface area (Å²) in [6.45, 7) is 0.184. The molecule has 3 aromatic rings. The molecular weight excluding hydrogens is 450 g/mol. The highest BCUT2D eigenvalue weighted by molar-refractivity contribution is 5.82. The van der Waals surface area contributed by atoms with Crippen molar-refractivity contribution in [2.24, 2.45) is 0 Å². The third-order valence-corrected chi connectivity index (χ3v) is 7.42. The Morgan fingerprint density at radius 1 is 1.03 bits per heavy atom. The van der Waals surface area contributed by atoms with Crippen LogP contribution in [0.2, 0.25) is 0 Å². The van der Waals surface area contributed by atoms with Crippen LogP contribution in [0.5, 0.6) is 0 Å². The van der Waals surface area contributed by atoms with E-state index in [4.69, 9.17) is 9.47 Å². The van der Waals surface area contributed by atoms with E-state index in [0.717, 1.165) is 25.2 Å². The largest absolute Gasteiger partial charge is 0.394 e. The van der Waals surface area contributed by atoms with Gasteiger partial charge in [-0.2, -0.15) is 0 Å². The van der Waals surface area contributed by atoms with E-state index < -0.39 is 31.1 Å². The molecule has 2 saturated carbocycles. The van der Waals surface area contributed by atoms with Crippen LogP contribution in [-0.4, -0.2) is 71.9 Å². The lowest BCUT2D eigenvalue weighted by atomic mass is 10.1. The van der Waals surface area contributed by atoms with Crippen LogP contribution in [0.25, 0.3) is 11.2 Å². The molecule has 6 rings (SSSR count). The number of anilines is 1. The van der Waals surface area contributed by atoms with Crippen molar-refractivity contribution >= 4 is 17.0 Å². The van der Waals surface area contributed by atoms with Crippen LogP contribution in [0.3, 0.4) is 0 Å². The van der Waals surface area contributed by atoms with Gasteiger partial charge in [0.1, 0.15) is 24.6 Å². The van der Waals surface area contributed by atoms with E-state index in [2.05, 4.69) is 44.5 Å². The summed E-state index contributed by atoms with van der Waals surface area (Å²) in [5.74, 6) is 1.35. The zero-order chi connectivity index (χ0) is 23.9. The Kier molecular flexibility index (Phi) is 6.15. The van der Waals surface area contributed by atoms with Crippen molar-refractivity contribution in [3.63, 3.8) is 0 Å². The number of rotatable bonds is 8. The lowest BCUT2D eigenvalue weighted by Crippen LogP contribution is -2.33. The van der Waals surface area contributed by atoms with Crippen LogP contribution >= 0.6 is 0 Å². The molecule has 2 aromatic heterocycles. The van der Waals surface area contributed by atoms with Crippen LogP contribution < -0.4 is 5.32 Å². The Hall–Kier alpha value is -2.63. The van der Waals surface area contributed by atoms with E-state index in [9.17, 15) is 15.3 Å². The minimum Gasteiger partial charge on any atom is -0.394 e. The van der Waals surface area contributed by atoms with E-state index in [0.29, 0.717) is 23.6 Å². The lowest BCUT2D eigenvalue weighted by Gasteiger charge is -2.22. The van der Waals surface area contributed by atoms with Crippen molar-refractivity contribution in [3.05, 3.63) is 48.0 Å². The molecule has 0 amide bonds. The first-order valence-electron chi connectivity index (χ1n) is 12.4. The average Bonchev–Trinajstić information content (AvgIpc) is 3.39. The van der Waals surface area contributed by atoms with Gasteiger partial charge in [0.25, 0.3) is 0 Å². The highest BCUT2D eigenvalue weighted by atomic mass is 16.6. The molecule has 186 valence electrons. The van der Waals surface area contributed by atoms with Crippen molar-refractivity contribution in [2.45, 2.75) is 81.3 Å². The number of aromatic nitrogens is 4. The predicted octanol–water partition coefficient (Wildman–Crippen LogP) is 1.86. The second-order valence-corrected chi connectivity index (χ2v) is 9.82. The molecule has 2 unspecified atom stereocenters. The molecule has 6 atom stereocenters. The fourth-order valence-electron chi connectivity index (χ4n) is 5.23. The zero-order valence-corrected chi connectivity index (χ0v) is 19.4. The quantitative estimate of drug-likeness (QED) is 0.380. The smallest absolute Gasteiger partial charge is 0.167 e. The molecule has 1 saturated heterocycles. The molecule has 2 aliphatic carbocycles. The maximum atomic E-state index is 10.4. The molecule has 10 nitrogen and oxygen atoms in total. The highest BCUT2D eigenvalue weighted by Gasteiger charge is 2.44. The van der Waals surface area contributed by atoms with Gasteiger partial charge in [-0.1, -0.05) is 24.3 Å². The van der Waals surface area contributed by atoms with E-state index in [1.54, 1.807) is 4.57 Å². The fraction of sp³-hybridized carbons (Fsp3) is 0.560. The number of imidazole rings is 1. The first kappa shape index (κ1) is 22.8. The van der Waals surface area contributed by atoms with Crippen LogP contribution in [0, 0.1) is 0 Å². The number of aliphatic hydroxyl groups excluding tert-OH is 3. The topological polar surface area (TPSA) is 135 Å². The minimum atomic E-state index is -1.21. The Balaban J connectivity index is 1.15. The number of nitrogens with one attached hydrogen (secondary N) is 1. The summed E-state index contributed by atoms with van der Waals surface area (Å²) < 4.78 is 13.5. The van der Waals surface area contributed by atoms with Crippen LogP contribution in [0.4, 0.5) is 5.82 Å². The van der Waals surface area contributed by atoms with Crippen molar-refractivity contribution in [3.8, 4) is 0 Å². The number of aliphatic hydroxyl groups is 3. The predicted molar refractivity (Wildman–Crippen MR) is 127 cm³/mol. The summed E-state index contributed by atoms with van der Waals surface area (Å²) in [7, 11) is 0. The molecule has 3 fully saturated rings. The van der Waals surface area contributed by atoms with Gasteiger partial charge >= 0.3 is 0 Å². The van der Waals surface area contributed by atoms with Gasteiger partial charge < -0.3 is 30.1 Å². The van der Waals surface area contributed by atoms with E-state index in [1.807, 2.05) is 0 Å². The molecule has 1 aromatic carbocycles. The second kappa shape index (κ2) is 9.44. The van der Waals surface area contributed by atoms with Gasteiger partial charge in [0, 0.05) is 0 Å². The van der Waals surface area contributed by atoms with Gasteiger partial charge in [-0.05, 0) is 49.1 Å². The monoisotopic (exact) mass is 481 g/mol. The maximum Gasteiger partial charge on any atom is 0.167 e. The normalized spacial score (nSPS) is 30.8. The minimum absolute atomic E-state index is 0.0608. The lowest BCUT2D eigenvalue weighted by molar-refractivity contribution is -0.0511. The molecule has 0 bridgehead atoms. The van der Waals surface area contributed by atoms with Crippen LogP contribution in [0.1, 0.15) is 55.4 Å². The van der Waals surface area contributed by atoms with Crippen molar-refractivity contribution in [1.29, 1.82) is 0 Å². The Morgan fingerprint density at radius 3 is 2.60 bits per heavy atom. The summed E-state index contributed by atoms with van der Waals surface area (Å²) in [6.07, 6.45) is 4.46. The Bertz CT molecular complexity index is 1170. The molecule has 0 spiro atoms. The van der Waals surface area contributed by atoms with Gasteiger partial charge in [-0.3, -0.25) is 4.57 Å². The number of nitrogens with zero attached hydrogens (tertiary/aromatic N) is 4. The SMILES string of the molecule is OCC1O[C@@H](n2cnc3c(NC4CCC[C@H]4OCc4ccc(C5CC5)cc4)ncnc32)[C@H](O)[C@@H]1O. The van der Waals surface area contributed by atoms with Crippen molar-refractivity contribution in [2.75, 3.05) is 11.9 Å². The first-order valence-corrected chi connectivity index (χ1v) is 12.4. The molecule has 3 aliphatic rings. The summed E-state index contributed by atoms with van der Waals surface area (Å²) >= 11 is 0. The van der Waals surface area contributed by atoms with Crippen LogP contribution in [-0.2, 0) is 16.1 Å². The standard InChI is InChI=1S/C25H31N5O5/c31-10-19-21(32)22(33)25(35-19)30-13-28-20-23(26-12-27-24(20)30)29-17-2-1-3-18(17)34-11-14-4-6-15(7-5-14)16-8-9-16/h4-7,12-13,16-19,21-22,25,31-33H,1-3,8-11H2,(H,26,27,29)/t17?,18-,19?,21-,22-,25-/m1/s1. The zero-order valence-electron chi connectivity index (χ0n) is 19.4. The van der Waals surface area contributed by atoms with E-state index in [1.165, 1.54) is 36.6 Å². The number of hydrogen-bond acceptors (Lipinski definition) is 9. The first-order chi connectivity index (χ1) is 17.1. The number of fused-ring (bicyclic) bond motifs is 1. The van der Waals surface area contributed by atoms with Gasteiger partial charge in [-0.25, -0.2) is 15.0 Å².